The molecule has 0 aliphatic heterocycles. The molecule has 4 nitrogen and oxygen atoms in total. The van der Waals surface area contributed by atoms with Gasteiger partial charge >= 0.3 is 0 Å². The van der Waals surface area contributed by atoms with Crippen LogP contribution in [0.2, 0.25) is 0 Å². The summed E-state index contributed by atoms with van der Waals surface area (Å²) in [5.74, 6) is 2.45. The molecule has 6 heteroatoms. The molecule has 20 heavy (non-hydrogen) atoms. The Morgan fingerprint density at radius 2 is 1.95 bits per heavy atom. The minimum absolute atomic E-state index is 0.115. The number of anilines is 2. The second kappa shape index (κ2) is 5.57. The Labute approximate surface area is 126 Å². The first-order valence-corrected chi connectivity index (χ1v) is 7.84. The lowest BCUT2D eigenvalue weighted by Gasteiger charge is -2.09. The summed E-state index contributed by atoms with van der Waals surface area (Å²) in [6.07, 6.45) is 5.28. The number of terminal acetylenes is 1. The Morgan fingerprint density at radius 3 is 2.60 bits per heavy atom. The molecule has 0 atom stereocenters. The minimum Gasteiger partial charge on any atom is -0.398 e. The molecule has 0 unspecified atom stereocenters. The third-order valence-electron chi connectivity index (χ3n) is 2.56. The first-order chi connectivity index (χ1) is 9.42. The Kier molecular flexibility index (Phi) is 4.02. The molecule has 2 rings (SSSR count). The van der Waals surface area contributed by atoms with E-state index in [4.69, 9.17) is 12.2 Å². The van der Waals surface area contributed by atoms with Crippen molar-refractivity contribution in [2.45, 2.75) is 4.90 Å². The molecule has 0 fully saturated rings. The molecule has 0 aliphatic carbocycles. The van der Waals surface area contributed by atoms with Crippen molar-refractivity contribution in [2.24, 2.45) is 0 Å². The maximum atomic E-state index is 12.2. The Bertz CT molecular complexity index is 795. The average Bonchev–Trinajstić information content (AvgIpc) is 2.41. The summed E-state index contributed by atoms with van der Waals surface area (Å²) < 4.78 is 27.5. The van der Waals surface area contributed by atoms with Crippen molar-refractivity contribution in [3.63, 3.8) is 0 Å². The summed E-state index contributed by atoms with van der Waals surface area (Å²) in [6, 6.07) is 11.0. The molecule has 0 saturated carbocycles. The van der Waals surface area contributed by atoms with Crippen LogP contribution in [0.1, 0.15) is 5.56 Å². The highest BCUT2D eigenvalue weighted by Gasteiger charge is 2.15. The molecule has 102 valence electrons. The molecular formula is C14H11BrN2O2S. The summed E-state index contributed by atoms with van der Waals surface area (Å²) >= 11 is 3.20. The van der Waals surface area contributed by atoms with Crippen molar-refractivity contribution in [1.82, 2.24) is 0 Å². The van der Waals surface area contributed by atoms with Gasteiger partial charge in [-0.3, -0.25) is 4.72 Å². The topological polar surface area (TPSA) is 72.2 Å². The number of hydrogen-bond acceptors (Lipinski definition) is 3. The normalized spacial score (nSPS) is 10.8. The van der Waals surface area contributed by atoms with Crippen LogP contribution in [0.5, 0.6) is 0 Å². The van der Waals surface area contributed by atoms with Crippen LogP contribution >= 0.6 is 15.9 Å². The lowest BCUT2D eigenvalue weighted by Crippen LogP contribution is -2.13. The quantitative estimate of drug-likeness (QED) is 0.660. The molecule has 0 amide bonds. The highest BCUT2D eigenvalue weighted by atomic mass is 79.9. The molecule has 0 aliphatic rings. The maximum absolute atomic E-state index is 12.2. The van der Waals surface area contributed by atoms with Crippen molar-refractivity contribution in [3.8, 4) is 12.3 Å². The number of sulfonamides is 1. The van der Waals surface area contributed by atoms with Crippen LogP contribution in [-0.4, -0.2) is 8.42 Å². The van der Waals surface area contributed by atoms with Gasteiger partial charge in [0.1, 0.15) is 0 Å². The van der Waals surface area contributed by atoms with Gasteiger partial charge in [-0.15, -0.1) is 6.42 Å². The summed E-state index contributed by atoms with van der Waals surface area (Å²) in [5.41, 5.74) is 7.12. The minimum atomic E-state index is -3.68. The van der Waals surface area contributed by atoms with Crippen molar-refractivity contribution in [2.75, 3.05) is 10.5 Å². The van der Waals surface area contributed by atoms with Crippen LogP contribution in [0.4, 0.5) is 11.4 Å². The van der Waals surface area contributed by atoms with E-state index in [-0.39, 0.29) is 4.90 Å². The average molecular weight is 351 g/mol. The molecule has 0 radical (unpaired) electrons. The van der Waals surface area contributed by atoms with Gasteiger partial charge in [-0.2, -0.15) is 0 Å². The number of halogens is 1. The van der Waals surface area contributed by atoms with Crippen LogP contribution in [0.3, 0.4) is 0 Å². The lowest BCUT2D eigenvalue weighted by molar-refractivity contribution is 0.601. The van der Waals surface area contributed by atoms with Gasteiger partial charge in [-0.25, -0.2) is 8.42 Å². The number of rotatable bonds is 3. The van der Waals surface area contributed by atoms with Gasteiger partial charge in [0, 0.05) is 15.7 Å². The predicted molar refractivity (Wildman–Crippen MR) is 83.7 cm³/mol. The molecule has 0 heterocycles. The van der Waals surface area contributed by atoms with Crippen LogP contribution < -0.4 is 10.5 Å². The van der Waals surface area contributed by atoms with E-state index in [1.807, 2.05) is 0 Å². The predicted octanol–water partition coefficient (Wildman–Crippen LogP) is 2.81. The smallest absolute Gasteiger partial charge is 0.261 e. The van der Waals surface area contributed by atoms with E-state index >= 15 is 0 Å². The monoisotopic (exact) mass is 350 g/mol. The van der Waals surface area contributed by atoms with Crippen LogP contribution in [0, 0.1) is 12.3 Å². The van der Waals surface area contributed by atoms with Crippen molar-refractivity contribution in [3.05, 3.63) is 52.5 Å². The molecule has 3 N–H and O–H groups in total. The van der Waals surface area contributed by atoms with Crippen molar-refractivity contribution >= 4 is 37.3 Å². The van der Waals surface area contributed by atoms with Crippen LogP contribution in [0.25, 0.3) is 0 Å². The van der Waals surface area contributed by atoms with E-state index in [0.29, 0.717) is 21.4 Å². The first kappa shape index (κ1) is 14.4. The zero-order chi connectivity index (χ0) is 14.8. The van der Waals surface area contributed by atoms with Gasteiger partial charge in [0.15, 0.2) is 0 Å². The fourth-order valence-corrected chi connectivity index (χ4v) is 3.17. The third-order valence-corrected chi connectivity index (χ3v) is 4.63. The standard InChI is InChI=1S/C14H11BrN2O2S/c1-2-10-4-3-5-11(8-10)17-20(18,19)12-6-7-14(16)13(15)9-12/h1,3-9,17H,16H2. The second-order valence-electron chi connectivity index (χ2n) is 4.01. The SMILES string of the molecule is C#Cc1cccc(NS(=O)(=O)c2ccc(N)c(Br)c2)c1. The van der Waals surface area contributed by atoms with E-state index in [1.165, 1.54) is 18.2 Å². The van der Waals surface area contributed by atoms with Crippen molar-refractivity contribution in [1.29, 1.82) is 0 Å². The molecule has 0 saturated heterocycles. The zero-order valence-electron chi connectivity index (χ0n) is 10.3. The molecule has 0 aromatic heterocycles. The molecule has 2 aromatic rings. The van der Waals surface area contributed by atoms with Gasteiger partial charge in [-0.1, -0.05) is 12.0 Å². The molecule has 2 aromatic carbocycles. The second-order valence-corrected chi connectivity index (χ2v) is 6.55. The number of nitrogens with one attached hydrogen (secondary N) is 1. The fourth-order valence-electron chi connectivity index (χ4n) is 1.56. The largest absolute Gasteiger partial charge is 0.398 e. The highest BCUT2D eigenvalue weighted by molar-refractivity contribution is 9.10. The van der Waals surface area contributed by atoms with Gasteiger partial charge in [0.25, 0.3) is 10.0 Å². The zero-order valence-corrected chi connectivity index (χ0v) is 12.7. The maximum Gasteiger partial charge on any atom is 0.261 e. The molecule has 0 spiro atoms. The van der Waals surface area contributed by atoms with Crippen molar-refractivity contribution < 1.29 is 8.42 Å². The van der Waals surface area contributed by atoms with E-state index in [9.17, 15) is 8.42 Å². The molecular weight excluding hydrogens is 340 g/mol. The molecule has 0 bridgehead atoms. The number of nitrogens with two attached hydrogens (primary N) is 1. The summed E-state index contributed by atoms with van der Waals surface area (Å²) in [4.78, 5) is 0.115. The number of hydrogen-bond donors (Lipinski definition) is 2. The highest BCUT2D eigenvalue weighted by Crippen LogP contribution is 2.24. The van der Waals surface area contributed by atoms with Gasteiger partial charge < -0.3 is 5.73 Å². The number of nitrogen functional groups attached to an aromatic ring is 1. The van der Waals surface area contributed by atoms with Crippen LogP contribution in [-0.2, 0) is 10.0 Å². The van der Waals surface area contributed by atoms with E-state index in [1.54, 1.807) is 24.3 Å². The summed E-state index contributed by atoms with van der Waals surface area (Å²) in [6.45, 7) is 0. The van der Waals surface area contributed by atoms with Gasteiger partial charge in [0.05, 0.1) is 10.6 Å². The summed E-state index contributed by atoms with van der Waals surface area (Å²) in [5, 5.41) is 0. The Morgan fingerprint density at radius 1 is 1.20 bits per heavy atom. The summed E-state index contributed by atoms with van der Waals surface area (Å²) in [7, 11) is -3.68. The van der Waals surface area contributed by atoms with Gasteiger partial charge in [-0.05, 0) is 52.3 Å². The Hall–Kier alpha value is -1.97. The number of benzene rings is 2. The van der Waals surface area contributed by atoms with E-state index < -0.39 is 10.0 Å². The fraction of sp³-hybridized carbons (Fsp3) is 0. The third kappa shape index (κ3) is 3.13. The van der Waals surface area contributed by atoms with Crippen LogP contribution in [0.15, 0.2) is 51.8 Å². The van der Waals surface area contributed by atoms with Gasteiger partial charge in [0.2, 0.25) is 0 Å². The Balaban J connectivity index is 2.35. The van der Waals surface area contributed by atoms with E-state index in [2.05, 4.69) is 26.6 Å². The first-order valence-electron chi connectivity index (χ1n) is 5.57. The lowest BCUT2D eigenvalue weighted by atomic mass is 10.2. The van der Waals surface area contributed by atoms with E-state index in [0.717, 1.165) is 0 Å².